The second-order valence-corrected chi connectivity index (χ2v) is 4.37. The van der Waals surface area contributed by atoms with E-state index in [0.29, 0.717) is 11.3 Å². The quantitative estimate of drug-likeness (QED) is 0.829. The number of hydrogen-bond acceptors (Lipinski definition) is 3. The molecule has 0 saturated carbocycles. The first-order chi connectivity index (χ1) is 10.1. The summed E-state index contributed by atoms with van der Waals surface area (Å²) in [5.74, 6) is -1.30. The van der Waals surface area contributed by atoms with Gasteiger partial charge in [-0.15, -0.1) is 0 Å². The van der Waals surface area contributed by atoms with Gasteiger partial charge >= 0.3 is 5.97 Å². The lowest BCUT2D eigenvalue weighted by atomic mass is 10.2. The van der Waals surface area contributed by atoms with Crippen LogP contribution in [0, 0.1) is 5.82 Å². The van der Waals surface area contributed by atoms with E-state index in [9.17, 15) is 9.18 Å². The molecule has 21 heavy (non-hydrogen) atoms. The number of carboxylic acids is 1. The summed E-state index contributed by atoms with van der Waals surface area (Å²) >= 11 is 0. The molecule has 0 unspecified atom stereocenters. The van der Waals surface area contributed by atoms with Gasteiger partial charge in [0.2, 0.25) is 0 Å². The van der Waals surface area contributed by atoms with E-state index >= 15 is 0 Å². The van der Waals surface area contributed by atoms with Gasteiger partial charge in [-0.2, -0.15) is 5.10 Å². The lowest BCUT2D eigenvalue weighted by Crippen LogP contribution is -1.95. The van der Waals surface area contributed by atoms with E-state index in [2.05, 4.69) is 5.10 Å². The van der Waals surface area contributed by atoms with Crippen molar-refractivity contribution in [1.29, 1.82) is 0 Å². The third-order valence-electron chi connectivity index (χ3n) is 2.69. The Morgan fingerprint density at radius 2 is 2.33 bits per heavy atom. The highest BCUT2D eigenvalue weighted by Crippen LogP contribution is 2.29. The Morgan fingerprint density at radius 1 is 1.52 bits per heavy atom. The topological polar surface area (TPSA) is 64.3 Å². The molecular weight excluding hydrogens is 275 g/mol. The zero-order valence-electron chi connectivity index (χ0n) is 11.5. The van der Waals surface area contributed by atoms with Crippen molar-refractivity contribution in [3.8, 4) is 11.5 Å². The number of aliphatic carboxylic acids is 1. The number of aromatic nitrogens is 2. The number of ether oxygens (including phenoxy) is 1. The average molecular weight is 290 g/mol. The molecule has 1 heterocycles. The highest BCUT2D eigenvalue weighted by atomic mass is 19.1. The molecule has 0 aliphatic carbocycles. The molecule has 0 atom stereocenters. The number of benzene rings is 1. The zero-order chi connectivity index (χ0) is 15.2. The maximum Gasteiger partial charge on any atom is 0.328 e. The highest BCUT2D eigenvalue weighted by Gasteiger charge is 2.10. The third-order valence-corrected chi connectivity index (χ3v) is 2.69. The van der Waals surface area contributed by atoms with Crippen molar-refractivity contribution < 1.29 is 19.0 Å². The van der Waals surface area contributed by atoms with Crippen molar-refractivity contribution in [2.75, 3.05) is 0 Å². The molecule has 110 valence electrons. The van der Waals surface area contributed by atoms with Crippen LogP contribution < -0.4 is 4.74 Å². The monoisotopic (exact) mass is 290 g/mol. The van der Waals surface area contributed by atoms with Gasteiger partial charge in [-0.25, -0.2) is 9.18 Å². The number of carboxylic acid groups (broad SMARTS) is 1. The Labute approximate surface area is 121 Å². The molecule has 0 fully saturated rings. The molecule has 0 aliphatic heterocycles. The molecule has 0 amide bonds. The molecule has 0 spiro atoms. The van der Waals surface area contributed by atoms with Crippen molar-refractivity contribution in [3.63, 3.8) is 0 Å². The SMILES string of the molecule is CCCn1cc(Oc2c(F)cccc2/C=C/C(=O)O)cn1. The highest BCUT2D eigenvalue weighted by molar-refractivity contribution is 5.85. The minimum absolute atomic E-state index is 0.0222. The Balaban J connectivity index is 2.27. The van der Waals surface area contributed by atoms with Crippen molar-refractivity contribution in [1.82, 2.24) is 9.78 Å². The molecule has 2 rings (SSSR count). The number of para-hydroxylation sites is 1. The molecular formula is C15H15FN2O3. The average Bonchev–Trinajstić information content (AvgIpc) is 2.87. The van der Waals surface area contributed by atoms with E-state index < -0.39 is 11.8 Å². The Hall–Kier alpha value is -2.63. The van der Waals surface area contributed by atoms with E-state index in [1.165, 1.54) is 24.4 Å². The van der Waals surface area contributed by atoms with Crippen LogP contribution in [0.3, 0.4) is 0 Å². The first kappa shape index (κ1) is 14.8. The van der Waals surface area contributed by atoms with Gasteiger partial charge in [0, 0.05) is 18.2 Å². The van der Waals surface area contributed by atoms with E-state index in [-0.39, 0.29) is 5.75 Å². The van der Waals surface area contributed by atoms with Crippen LogP contribution in [0.5, 0.6) is 11.5 Å². The number of nitrogens with zero attached hydrogens (tertiary/aromatic N) is 2. The number of aryl methyl sites for hydroxylation is 1. The summed E-state index contributed by atoms with van der Waals surface area (Å²) in [5.41, 5.74) is 0.348. The second kappa shape index (κ2) is 6.69. The number of carbonyl (C=O) groups is 1. The van der Waals surface area contributed by atoms with E-state index in [1.807, 2.05) is 6.92 Å². The molecule has 6 heteroatoms. The zero-order valence-corrected chi connectivity index (χ0v) is 11.5. The fourth-order valence-electron chi connectivity index (χ4n) is 1.79. The van der Waals surface area contributed by atoms with Crippen molar-refractivity contribution >= 4 is 12.0 Å². The van der Waals surface area contributed by atoms with Crippen molar-refractivity contribution in [3.05, 3.63) is 48.0 Å². The number of halogens is 1. The largest absolute Gasteiger partial charge is 0.478 e. The predicted octanol–water partition coefficient (Wildman–Crippen LogP) is 3.32. The van der Waals surface area contributed by atoms with Crippen molar-refractivity contribution in [2.45, 2.75) is 19.9 Å². The van der Waals surface area contributed by atoms with Gasteiger partial charge < -0.3 is 9.84 Å². The van der Waals surface area contributed by atoms with Gasteiger partial charge in [0.15, 0.2) is 17.3 Å². The van der Waals surface area contributed by atoms with Gasteiger partial charge in [-0.1, -0.05) is 19.1 Å². The van der Waals surface area contributed by atoms with Crippen LogP contribution in [0.1, 0.15) is 18.9 Å². The molecule has 1 aromatic heterocycles. The van der Waals surface area contributed by atoms with Crippen LogP contribution in [0.2, 0.25) is 0 Å². The first-order valence-electron chi connectivity index (χ1n) is 6.50. The van der Waals surface area contributed by atoms with Crippen molar-refractivity contribution in [2.24, 2.45) is 0 Å². The fourth-order valence-corrected chi connectivity index (χ4v) is 1.79. The smallest absolute Gasteiger partial charge is 0.328 e. The molecule has 0 aliphatic rings. The Morgan fingerprint density at radius 3 is 3.05 bits per heavy atom. The van der Waals surface area contributed by atoms with Crippen LogP contribution in [-0.4, -0.2) is 20.9 Å². The molecule has 1 aromatic carbocycles. The lowest BCUT2D eigenvalue weighted by Gasteiger charge is -2.07. The summed E-state index contributed by atoms with van der Waals surface area (Å²) in [4.78, 5) is 10.6. The summed E-state index contributed by atoms with van der Waals surface area (Å²) in [6.45, 7) is 2.76. The van der Waals surface area contributed by atoms with Gasteiger partial charge in [-0.3, -0.25) is 4.68 Å². The first-order valence-corrected chi connectivity index (χ1v) is 6.50. The molecule has 0 saturated heterocycles. The van der Waals surface area contributed by atoms with Gasteiger partial charge in [0.1, 0.15) is 0 Å². The summed E-state index contributed by atoms with van der Waals surface area (Å²) in [6, 6.07) is 4.32. The maximum absolute atomic E-state index is 13.9. The Kier molecular flexibility index (Phi) is 4.71. The van der Waals surface area contributed by atoms with Gasteiger partial charge in [-0.05, 0) is 18.6 Å². The summed E-state index contributed by atoms with van der Waals surface area (Å²) < 4.78 is 21.1. The normalized spacial score (nSPS) is 11.0. The lowest BCUT2D eigenvalue weighted by molar-refractivity contribution is -0.131. The number of hydrogen-bond donors (Lipinski definition) is 1. The standard InChI is InChI=1S/C15H15FN2O3/c1-2-8-18-10-12(9-17-18)21-15-11(6-7-14(19)20)4-3-5-13(15)16/h3-7,9-10H,2,8H2,1H3,(H,19,20)/b7-6+. The molecule has 5 nitrogen and oxygen atoms in total. The molecule has 2 aromatic rings. The second-order valence-electron chi connectivity index (χ2n) is 4.37. The predicted molar refractivity (Wildman–Crippen MR) is 75.7 cm³/mol. The van der Waals surface area contributed by atoms with Gasteiger partial charge in [0.05, 0.1) is 12.4 Å². The van der Waals surface area contributed by atoms with Crippen LogP contribution in [-0.2, 0) is 11.3 Å². The van der Waals surface area contributed by atoms with E-state index in [4.69, 9.17) is 9.84 Å². The number of rotatable bonds is 6. The van der Waals surface area contributed by atoms with Gasteiger partial charge in [0.25, 0.3) is 0 Å². The molecule has 1 N–H and O–H groups in total. The minimum Gasteiger partial charge on any atom is -0.478 e. The van der Waals surface area contributed by atoms with E-state index in [0.717, 1.165) is 19.0 Å². The van der Waals surface area contributed by atoms with Crippen LogP contribution in [0.15, 0.2) is 36.7 Å². The summed E-state index contributed by atoms with van der Waals surface area (Å²) in [5, 5.41) is 12.7. The summed E-state index contributed by atoms with van der Waals surface area (Å²) in [7, 11) is 0. The summed E-state index contributed by atoms with van der Waals surface area (Å²) in [6.07, 6.45) is 6.31. The van der Waals surface area contributed by atoms with E-state index in [1.54, 1.807) is 16.9 Å². The Bertz CT molecular complexity index is 665. The maximum atomic E-state index is 13.9. The van der Waals surface area contributed by atoms with Crippen LogP contribution in [0.25, 0.3) is 6.08 Å². The third kappa shape index (κ3) is 3.92. The van der Waals surface area contributed by atoms with Crippen LogP contribution in [0.4, 0.5) is 4.39 Å². The molecule has 0 radical (unpaired) electrons. The molecule has 0 bridgehead atoms. The minimum atomic E-state index is -1.11. The van der Waals surface area contributed by atoms with Crippen LogP contribution >= 0.6 is 0 Å². The fraction of sp³-hybridized carbons (Fsp3) is 0.200.